The van der Waals surface area contributed by atoms with E-state index in [-0.39, 0.29) is 0 Å². The van der Waals surface area contributed by atoms with Crippen molar-refractivity contribution >= 4 is 27.3 Å². The third-order valence-corrected chi connectivity index (χ3v) is 3.77. The second-order valence-electron chi connectivity index (χ2n) is 3.71. The number of rotatable bonds is 8. The van der Waals surface area contributed by atoms with E-state index in [1.54, 1.807) is 0 Å². The minimum Gasteiger partial charge on any atom is -0.302 e. The topological polar surface area (TPSA) is 3.24 Å². The van der Waals surface area contributed by atoms with E-state index in [0.29, 0.717) is 0 Å². The van der Waals surface area contributed by atoms with Crippen LogP contribution in [0.15, 0.2) is 17.5 Å². The predicted molar refractivity (Wildman–Crippen MR) is 73.2 cm³/mol. The molecule has 0 aliphatic carbocycles. The van der Waals surface area contributed by atoms with Crippen molar-refractivity contribution in [1.29, 1.82) is 0 Å². The van der Waals surface area contributed by atoms with Gasteiger partial charge in [0.15, 0.2) is 0 Å². The van der Waals surface area contributed by atoms with Crippen molar-refractivity contribution in [2.24, 2.45) is 0 Å². The van der Waals surface area contributed by atoms with Gasteiger partial charge in [0, 0.05) is 23.3 Å². The minimum absolute atomic E-state index is 1.08. The van der Waals surface area contributed by atoms with Crippen LogP contribution in [0.2, 0.25) is 0 Å². The lowest BCUT2D eigenvalue weighted by atomic mass is 10.3. The van der Waals surface area contributed by atoms with Crippen molar-refractivity contribution in [2.45, 2.75) is 26.2 Å². The van der Waals surface area contributed by atoms with E-state index in [1.165, 1.54) is 43.8 Å². The van der Waals surface area contributed by atoms with E-state index < -0.39 is 0 Å². The smallest absolute Gasteiger partial charge is 0.0159 e. The Bertz CT molecular complexity index is 236. The van der Waals surface area contributed by atoms with E-state index >= 15 is 0 Å². The van der Waals surface area contributed by atoms with Gasteiger partial charge >= 0.3 is 0 Å². The van der Waals surface area contributed by atoms with Crippen LogP contribution in [0.4, 0.5) is 0 Å². The Kier molecular flexibility index (Phi) is 7.32. The minimum atomic E-state index is 1.08. The second-order valence-corrected chi connectivity index (χ2v) is 5.54. The second kappa shape index (κ2) is 8.31. The van der Waals surface area contributed by atoms with Gasteiger partial charge < -0.3 is 4.90 Å². The lowest BCUT2D eigenvalue weighted by Crippen LogP contribution is -2.29. The van der Waals surface area contributed by atoms with Gasteiger partial charge in [0.25, 0.3) is 0 Å². The highest BCUT2D eigenvalue weighted by Crippen LogP contribution is 2.10. The van der Waals surface area contributed by atoms with Gasteiger partial charge in [-0.3, -0.25) is 0 Å². The summed E-state index contributed by atoms with van der Waals surface area (Å²) >= 11 is 5.39. The highest BCUT2D eigenvalue weighted by Gasteiger charge is 2.03. The van der Waals surface area contributed by atoms with Crippen molar-refractivity contribution in [1.82, 2.24) is 4.90 Å². The molecule has 1 rings (SSSR count). The zero-order valence-corrected chi connectivity index (χ0v) is 11.8. The van der Waals surface area contributed by atoms with Crippen LogP contribution in [-0.2, 0) is 6.42 Å². The van der Waals surface area contributed by atoms with Crippen LogP contribution in [0, 0.1) is 0 Å². The molecule has 0 aliphatic heterocycles. The van der Waals surface area contributed by atoms with Crippen LogP contribution in [-0.4, -0.2) is 29.9 Å². The maximum atomic E-state index is 3.52. The molecule has 0 aliphatic rings. The van der Waals surface area contributed by atoms with Crippen LogP contribution in [0.25, 0.3) is 0 Å². The summed E-state index contributed by atoms with van der Waals surface area (Å²) in [7, 11) is 0. The fourth-order valence-corrected chi connectivity index (χ4v) is 2.76. The molecule has 1 heterocycles. The number of hydrogen-bond acceptors (Lipinski definition) is 2. The Labute approximate surface area is 106 Å². The monoisotopic (exact) mass is 289 g/mol. The van der Waals surface area contributed by atoms with Gasteiger partial charge in [-0.2, -0.15) is 0 Å². The summed E-state index contributed by atoms with van der Waals surface area (Å²) in [5.74, 6) is 0. The molecule has 1 aromatic heterocycles. The van der Waals surface area contributed by atoms with Gasteiger partial charge in [0.1, 0.15) is 0 Å². The molecule has 0 aromatic carbocycles. The molecule has 86 valence electrons. The Hall–Kier alpha value is 0.140. The summed E-state index contributed by atoms with van der Waals surface area (Å²) in [5, 5.41) is 3.25. The molecule has 0 spiro atoms. The molecule has 0 radical (unpaired) electrons. The Morgan fingerprint density at radius 3 is 2.80 bits per heavy atom. The number of hydrogen-bond donors (Lipinski definition) is 0. The van der Waals surface area contributed by atoms with Crippen LogP contribution >= 0.6 is 27.3 Å². The van der Waals surface area contributed by atoms with Gasteiger partial charge in [0.05, 0.1) is 0 Å². The average molecular weight is 290 g/mol. The maximum absolute atomic E-state index is 3.52. The quantitative estimate of drug-likeness (QED) is 0.658. The zero-order valence-electron chi connectivity index (χ0n) is 9.42. The van der Waals surface area contributed by atoms with Crippen molar-refractivity contribution in [3.63, 3.8) is 0 Å². The first-order valence-corrected chi connectivity index (χ1v) is 7.67. The van der Waals surface area contributed by atoms with E-state index in [1.807, 2.05) is 11.3 Å². The average Bonchev–Trinajstić information content (AvgIpc) is 2.75. The number of unbranched alkanes of at least 4 members (excludes halogenated alkanes) is 1. The molecule has 0 saturated heterocycles. The number of nitrogens with zero attached hydrogens (tertiary/aromatic N) is 1. The molecule has 0 amide bonds. The summed E-state index contributed by atoms with van der Waals surface area (Å²) < 4.78 is 0. The van der Waals surface area contributed by atoms with Crippen LogP contribution < -0.4 is 0 Å². The highest BCUT2D eigenvalue weighted by atomic mass is 79.9. The van der Waals surface area contributed by atoms with E-state index in [0.717, 1.165) is 5.33 Å². The maximum Gasteiger partial charge on any atom is 0.0159 e. The van der Waals surface area contributed by atoms with Gasteiger partial charge in [-0.25, -0.2) is 0 Å². The van der Waals surface area contributed by atoms with Gasteiger partial charge in [-0.1, -0.05) is 35.3 Å². The number of alkyl halides is 1. The summed E-state index contributed by atoms with van der Waals surface area (Å²) in [4.78, 5) is 4.06. The fourth-order valence-electron chi connectivity index (χ4n) is 1.56. The van der Waals surface area contributed by atoms with Crippen molar-refractivity contribution in [2.75, 3.05) is 25.0 Å². The SMILES string of the molecule is CCCCN(CCBr)CCc1cccs1. The molecule has 0 atom stereocenters. The molecule has 0 bridgehead atoms. The van der Waals surface area contributed by atoms with E-state index in [9.17, 15) is 0 Å². The lowest BCUT2D eigenvalue weighted by molar-refractivity contribution is 0.290. The third-order valence-electron chi connectivity index (χ3n) is 2.48. The first kappa shape index (κ1) is 13.2. The molecule has 0 saturated carbocycles. The molecule has 0 N–H and O–H groups in total. The lowest BCUT2D eigenvalue weighted by Gasteiger charge is -2.20. The number of halogens is 1. The summed E-state index contributed by atoms with van der Waals surface area (Å²) in [6.07, 6.45) is 3.81. The van der Waals surface area contributed by atoms with Crippen LogP contribution in [0.1, 0.15) is 24.6 Å². The zero-order chi connectivity index (χ0) is 10.9. The molecule has 3 heteroatoms. The fraction of sp³-hybridized carbons (Fsp3) is 0.667. The Morgan fingerprint density at radius 1 is 1.33 bits per heavy atom. The van der Waals surface area contributed by atoms with E-state index in [4.69, 9.17) is 0 Å². The van der Waals surface area contributed by atoms with E-state index in [2.05, 4.69) is 45.3 Å². The first-order chi connectivity index (χ1) is 7.36. The molecule has 15 heavy (non-hydrogen) atoms. The first-order valence-electron chi connectivity index (χ1n) is 5.67. The molecular formula is C12H20BrNS. The predicted octanol–water partition coefficient (Wildman–Crippen LogP) is 3.79. The van der Waals surface area contributed by atoms with Crippen LogP contribution in [0.3, 0.4) is 0 Å². The normalized spacial score (nSPS) is 11.1. The highest BCUT2D eigenvalue weighted by molar-refractivity contribution is 9.09. The van der Waals surface area contributed by atoms with Gasteiger partial charge in [0.2, 0.25) is 0 Å². The Morgan fingerprint density at radius 2 is 2.20 bits per heavy atom. The van der Waals surface area contributed by atoms with Crippen molar-refractivity contribution in [3.8, 4) is 0 Å². The standard InChI is InChI=1S/C12H20BrNS/c1-2-3-8-14(10-7-13)9-6-12-5-4-11-15-12/h4-5,11H,2-3,6-10H2,1H3. The molecule has 1 nitrogen and oxygen atoms in total. The van der Waals surface area contributed by atoms with Crippen molar-refractivity contribution in [3.05, 3.63) is 22.4 Å². The number of thiophene rings is 1. The summed E-state index contributed by atoms with van der Waals surface area (Å²) in [5.41, 5.74) is 0. The largest absolute Gasteiger partial charge is 0.302 e. The Balaban J connectivity index is 2.24. The van der Waals surface area contributed by atoms with Crippen LogP contribution in [0.5, 0.6) is 0 Å². The molecule has 1 aromatic rings. The molecule has 0 fully saturated rings. The van der Waals surface area contributed by atoms with Crippen molar-refractivity contribution < 1.29 is 0 Å². The summed E-state index contributed by atoms with van der Waals surface area (Å²) in [6, 6.07) is 4.37. The van der Waals surface area contributed by atoms with Gasteiger partial charge in [-0.05, 0) is 30.8 Å². The van der Waals surface area contributed by atoms with Gasteiger partial charge in [-0.15, -0.1) is 11.3 Å². The summed E-state index contributed by atoms with van der Waals surface area (Å²) in [6.45, 7) is 5.87. The third kappa shape index (κ3) is 5.69. The molecule has 0 unspecified atom stereocenters. The molecular weight excluding hydrogens is 270 g/mol.